The Kier molecular flexibility index (Phi) is 5.13. The number of aliphatic hydroxyl groups excluding tert-OH is 1. The van der Waals surface area contributed by atoms with Gasteiger partial charge in [-0.1, -0.05) is 6.07 Å². The second kappa shape index (κ2) is 7.06. The van der Waals surface area contributed by atoms with Gasteiger partial charge in [-0.25, -0.2) is 0 Å². The van der Waals surface area contributed by atoms with E-state index in [4.69, 9.17) is 4.42 Å². The molecular weight excluding hydrogens is 300 g/mol. The van der Waals surface area contributed by atoms with E-state index in [0.29, 0.717) is 11.3 Å². The van der Waals surface area contributed by atoms with E-state index in [1.165, 1.54) is 24.5 Å². The minimum Gasteiger partial charge on any atom is -0.467 e. The van der Waals surface area contributed by atoms with Gasteiger partial charge in [0.1, 0.15) is 11.9 Å². The zero-order valence-electron chi connectivity index (χ0n) is 12.9. The Morgan fingerprint density at radius 3 is 2.78 bits per heavy atom. The third kappa shape index (κ3) is 4.17. The smallest absolute Gasteiger partial charge is 0.270 e. The third-order valence-corrected chi connectivity index (χ3v) is 3.50. The number of aliphatic hydroxyl groups is 1. The average Bonchev–Trinajstić information content (AvgIpc) is 3.01. The molecule has 2 aromatic rings. The molecular formula is C16H18N2O5. The third-order valence-electron chi connectivity index (χ3n) is 3.50. The number of furan rings is 1. The van der Waals surface area contributed by atoms with Gasteiger partial charge in [-0.3, -0.25) is 14.9 Å². The lowest BCUT2D eigenvalue weighted by Crippen LogP contribution is -2.34. The number of benzene rings is 1. The van der Waals surface area contributed by atoms with Gasteiger partial charge in [-0.2, -0.15) is 0 Å². The van der Waals surface area contributed by atoms with Crippen molar-refractivity contribution in [2.24, 2.45) is 0 Å². The number of non-ortho nitro benzene ring substituents is 1. The maximum absolute atomic E-state index is 12.3. The van der Waals surface area contributed by atoms with E-state index in [2.05, 4.69) is 5.32 Å². The van der Waals surface area contributed by atoms with E-state index in [9.17, 15) is 20.0 Å². The summed E-state index contributed by atoms with van der Waals surface area (Å²) in [6, 6.07) is 7.14. The molecule has 0 aliphatic rings. The van der Waals surface area contributed by atoms with Crippen LogP contribution >= 0.6 is 0 Å². The fraction of sp³-hybridized carbons (Fsp3) is 0.312. The first kappa shape index (κ1) is 16.7. The molecule has 0 radical (unpaired) electrons. The molecule has 0 fully saturated rings. The van der Waals surface area contributed by atoms with Gasteiger partial charge in [0.15, 0.2) is 0 Å². The number of carbonyl (C=O) groups is 1. The number of nitro benzene ring substituents is 1. The van der Waals surface area contributed by atoms with Gasteiger partial charge in [-0.05, 0) is 31.5 Å². The molecule has 1 heterocycles. The first-order valence-electron chi connectivity index (χ1n) is 7.16. The molecule has 7 nitrogen and oxygen atoms in total. The molecule has 2 atom stereocenters. The number of carbonyl (C=O) groups excluding carboxylic acids is 1. The summed E-state index contributed by atoms with van der Waals surface area (Å²) in [6.07, 6.45) is 0.910. The standard InChI is InChI=1S/C16H18N2O5/c1-10-5-6-12(18(21)22)9-13(10)16(20)17-11(2)8-14(19)15-4-3-7-23-15/h3-7,9,11,14,19H,8H2,1-2H3,(H,17,20). The molecule has 0 saturated carbocycles. The fourth-order valence-electron chi connectivity index (χ4n) is 2.26. The van der Waals surface area contributed by atoms with E-state index >= 15 is 0 Å². The van der Waals surface area contributed by atoms with Crippen LogP contribution in [0.25, 0.3) is 0 Å². The predicted molar refractivity (Wildman–Crippen MR) is 83.0 cm³/mol. The molecule has 0 bridgehead atoms. The van der Waals surface area contributed by atoms with Gasteiger partial charge in [-0.15, -0.1) is 0 Å². The highest BCUT2D eigenvalue weighted by molar-refractivity contribution is 5.96. The van der Waals surface area contributed by atoms with E-state index in [1.807, 2.05) is 0 Å². The molecule has 2 N–H and O–H groups in total. The Labute approximate surface area is 133 Å². The molecule has 2 rings (SSSR count). The molecule has 7 heteroatoms. The van der Waals surface area contributed by atoms with Crippen LogP contribution in [-0.2, 0) is 0 Å². The molecule has 0 saturated heterocycles. The summed E-state index contributed by atoms with van der Waals surface area (Å²) in [5, 5.41) is 23.5. The van der Waals surface area contributed by atoms with Crippen molar-refractivity contribution in [2.75, 3.05) is 0 Å². The monoisotopic (exact) mass is 318 g/mol. The largest absolute Gasteiger partial charge is 0.467 e. The van der Waals surface area contributed by atoms with Crippen LogP contribution in [0.1, 0.15) is 41.1 Å². The first-order chi connectivity index (χ1) is 10.9. The molecule has 122 valence electrons. The fourth-order valence-corrected chi connectivity index (χ4v) is 2.26. The van der Waals surface area contributed by atoms with Gasteiger partial charge in [0.05, 0.1) is 11.2 Å². The molecule has 0 spiro atoms. The topological polar surface area (TPSA) is 106 Å². The van der Waals surface area contributed by atoms with E-state index in [1.54, 1.807) is 26.0 Å². The van der Waals surface area contributed by atoms with Crippen molar-refractivity contribution in [3.63, 3.8) is 0 Å². The summed E-state index contributed by atoms with van der Waals surface area (Å²) in [6.45, 7) is 3.46. The van der Waals surface area contributed by atoms with Crippen LogP contribution in [0.2, 0.25) is 0 Å². The van der Waals surface area contributed by atoms with Gasteiger partial charge in [0.2, 0.25) is 0 Å². The summed E-state index contributed by atoms with van der Waals surface area (Å²) in [5.41, 5.74) is 0.759. The zero-order valence-corrected chi connectivity index (χ0v) is 12.9. The number of nitrogens with zero attached hydrogens (tertiary/aromatic N) is 1. The highest BCUT2D eigenvalue weighted by atomic mass is 16.6. The van der Waals surface area contributed by atoms with Crippen molar-refractivity contribution in [3.8, 4) is 0 Å². The maximum Gasteiger partial charge on any atom is 0.270 e. The highest BCUT2D eigenvalue weighted by Gasteiger charge is 2.19. The first-order valence-corrected chi connectivity index (χ1v) is 7.16. The molecule has 0 aliphatic carbocycles. The van der Waals surface area contributed by atoms with Gasteiger partial charge < -0.3 is 14.8 Å². The highest BCUT2D eigenvalue weighted by Crippen LogP contribution is 2.20. The van der Waals surface area contributed by atoms with Crippen LogP contribution in [0.3, 0.4) is 0 Å². The van der Waals surface area contributed by atoms with Crippen LogP contribution in [0.5, 0.6) is 0 Å². The molecule has 1 aromatic heterocycles. The van der Waals surface area contributed by atoms with E-state index in [-0.39, 0.29) is 23.7 Å². The number of nitro groups is 1. The Morgan fingerprint density at radius 1 is 1.43 bits per heavy atom. The number of hydrogen-bond donors (Lipinski definition) is 2. The van der Waals surface area contributed by atoms with Crippen LogP contribution in [0.4, 0.5) is 5.69 Å². The number of amides is 1. The number of aryl methyl sites for hydroxylation is 1. The van der Waals surface area contributed by atoms with Crippen LogP contribution < -0.4 is 5.32 Å². The van der Waals surface area contributed by atoms with Crippen molar-refractivity contribution in [2.45, 2.75) is 32.4 Å². The lowest BCUT2D eigenvalue weighted by atomic mass is 10.1. The average molecular weight is 318 g/mol. The second-order valence-electron chi connectivity index (χ2n) is 5.40. The summed E-state index contributed by atoms with van der Waals surface area (Å²) >= 11 is 0. The minimum atomic E-state index is -0.827. The predicted octanol–water partition coefficient (Wildman–Crippen LogP) is 2.74. The van der Waals surface area contributed by atoms with Crippen LogP contribution in [0, 0.1) is 17.0 Å². The van der Waals surface area contributed by atoms with Gasteiger partial charge >= 0.3 is 0 Å². The number of rotatable bonds is 6. The van der Waals surface area contributed by atoms with Crippen molar-refractivity contribution < 1.29 is 19.2 Å². The quantitative estimate of drug-likeness (QED) is 0.629. The van der Waals surface area contributed by atoms with Crippen molar-refractivity contribution in [3.05, 3.63) is 63.6 Å². The van der Waals surface area contributed by atoms with Crippen LogP contribution in [0.15, 0.2) is 41.0 Å². The molecule has 2 unspecified atom stereocenters. The maximum atomic E-state index is 12.3. The summed E-state index contributed by atoms with van der Waals surface area (Å²) < 4.78 is 5.11. The Hall–Kier alpha value is -2.67. The summed E-state index contributed by atoms with van der Waals surface area (Å²) in [4.78, 5) is 22.6. The van der Waals surface area contributed by atoms with Crippen molar-refractivity contribution in [1.29, 1.82) is 0 Å². The summed E-state index contributed by atoms with van der Waals surface area (Å²) in [5.74, 6) is 0.0166. The van der Waals surface area contributed by atoms with Crippen LogP contribution in [-0.4, -0.2) is 22.0 Å². The number of nitrogens with one attached hydrogen (secondary N) is 1. The molecule has 1 aromatic carbocycles. The Morgan fingerprint density at radius 2 is 2.17 bits per heavy atom. The Bertz CT molecular complexity index is 697. The van der Waals surface area contributed by atoms with Crippen molar-refractivity contribution >= 4 is 11.6 Å². The molecule has 23 heavy (non-hydrogen) atoms. The Balaban J connectivity index is 2.03. The number of hydrogen-bond acceptors (Lipinski definition) is 5. The molecule has 0 aliphatic heterocycles. The minimum absolute atomic E-state index is 0.135. The SMILES string of the molecule is Cc1ccc([N+](=O)[O-])cc1C(=O)NC(C)CC(O)c1ccco1. The second-order valence-corrected chi connectivity index (χ2v) is 5.40. The van der Waals surface area contributed by atoms with E-state index in [0.717, 1.165) is 0 Å². The van der Waals surface area contributed by atoms with Crippen molar-refractivity contribution in [1.82, 2.24) is 5.32 Å². The summed E-state index contributed by atoms with van der Waals surface area (Å²) in [7, 11) is 0. The zero-order chi connectivity index (χ0) is 17.0. The lowest BCUT2D eigenvalue weighted by Gasteiger charge is -2.17. The normalized spacial score (nSPS) is 13.3. The van der Waals surface area contributed by atoms with E-state index < -0.39 is 16.9 Å². The van der Waals surface area contributed by atoms with Gasteiger partial charge in [0, 0.05) is 30.2 Å². The van der Waals surface area contributed by atoms with Gasteiger partial charge in [0.25, 0.3) is 11.6 Å². The molecule has 1 amide bonds. The lowest BCUT2D eigenvalue weighted by molar-refractivity contribution is -0.384.